The Bertz CT molecular complexity index is 774. The Morgan fingerprint density at radius 3 is 2.21 bits per heavy atom. The second kappa shape index (κ2) is 19.7. The van der Waals surface area contributed by atoms with Crippen LogP contribution in [0.2, 0.25) is 0 Å². The fraction of sp³-hybridized carbons (Fsp3) is 0.519. The summed E-state index contributed by atoms with van der Waals surface area (Å²) >= 11 is 0. The predicted octanol–water partition coefficient (Wildman–Crippen LogP) is 3.31. The summed E-state index contributed by atoms with van der Waals surface area (Å²) in [5, 5.41) is 13.0. The molecule has 0 aliphatic carbocycles. The number of rotatable bonds is 9. The van der Waals surface area contributed by atoms with E-state index in [4.69, 9.17) is 9.47 Å². The number of piperazine rings is 1. The molecule has 0 aromatic heterocycles. The van der Waals surface area contributed by atoms with Crippen molar-refractivity contribution in [2.45, 2.75) is 40.7 Å². The minimum atomic E-state index is -0.579. The van der Waals surface area contributed by atoms with Gasteiger partial charge in [0.1, 0.15) is 12.7 Å². The molecule has 1 saturated heterocycles. The van der Waals surface area contributed by atoms with E-state index in [1.807, 2.05) is 38.1 Å². The molecule has 2 N–H and O–H groups in total. The fourth-order valence-electron chi connectivity index (χ4n) is 2.83. The number of aliphatic hydroxyl groups excluding tert-OH is 1. The number of terminal acetylenes is 1. The number of carbonyl (C=O) groups is 1. The first-order chi connectivity index (χ1) is 16.3. The Morgan fingerprint density at radius 2 is 1.71 bits per heavy atom. The van der Waals surface area contributed by atoms with Crippen LogP contribution in [0.25, 0.3) is 0 Å². The number of aliphatic hydroxyl groups is 1. The van der Waals surface area contributed by atoms with Gasteiger partial charge in [0.25, 0.3) is 0 Å². The number of methoxy groups -OCH3 is 1. The molecule has 34 heavy (non-hydrogen) atoms. The van der Waals surface area contributed by atoms with Gasteiger partial charge < -0.3 is 19.9 Å². The van der Waals surface area contributed by atoms with Crippen molar-refractivity contribution in [3.8, 4) is 23.8 Å². The van der Waals surface area contributed by atoms with Crippen LogP contribution in [0, 0.1) is 12.3 Å². The van der Waals surface area contributed by atoms with E-state index in [2.05, 4.69) is 47.4 Å². The summed E-state index contributed by atoms with van der Waals surface area (Å²) < 4.78 is 10.9. The average molecular weight is 474 g/mol. The van der Waals surface area contributed by atoms with Crippen LogP contribution in [-0.2, 0) is 4.79 Å². The molecule has 1 aliphatic heterocycles. The van der Waals surface area contributed by atoms with Crippen LogP contribution in [0.4, 0.5) is 0 Å². The molecule has 2 rings (SSSR count). The first-order valence-electron chi connectivity index (χ1n) is 11.6. The number of benzene rings is 1. The molecule has 1 aromatic carbocycles. The van der Waals surface area contributed by atoms with E-state index in [0.29, 0.717) is 24.6 Å². The molecule has 0 saturated carbocycles. The summed E-state index contributed by atoms with van der Waals surface area (Å²) in [6.45, 7) is 14.1. The van der Waals surface area contributed by atoms with E-state index in [-0.39, 0.29) is 12.5 Å². The molecule has 1 heterocycles. The number of hydrogen-bond acceptors (Lipinski definition) is 6. The van der Waals surface area contributed by atoms with Crippen LogP contribution in [0.3, 0.4) is 0 Å². The van der Waals surface area contributed by atoms with E-state index < -0.39 is 6.10 Å². The van der Waals surface area contributed by atoms with E-state index in [9.17, 15) is 9.90 Å². The first kappa shape index (κ1) is 31.2. The highest BCUT2D eigenvalue weighted by Gasteiger charge is 2.21. The molecule has 0 spiro atoms. The Hall–Kier alpha value is -2.79. The Labute approximate surface area is 206 Å². The number of β-amino-alcohol motifs (C(OH)–C–C–N with tert-alkyl or cyclic N) is 1. The highest BCUT2D eigenvalue weighted by molar-refractivity contribution is 5.78. The Morgan fingerprint density at radius 1 is 1.18 bits per heavy atom. The smallest absolute Gasteiger partial charge is 0.238 e. The lowest BCUT2D eigenvalue weighted by Crippen LogP contribution is -2.51. The average Bonchev–Trinajstić information content (AvgIpc) is 2.83. The number of amides is 1. The summed E-state index contributed by atoms with van der Waals surface area (Å²) in [7, 11) is 1.59. The predicted molar refractivity (Wildman–Crippen MR) is 140 cm³/mol. The molecular weight excluding hydrogens is 430 g/mol. The van der Waals surface area contributed by atoms with E-state index in [0.717, 1.165) is 26.2 Å². The minimum Gasteiger partial charge on any atom is -0.493 e. The molecule has 1 amide bonds. The molecule has 1 unspecified atom stereocenters. The monoisotopic (exact) mass is 473 g/mol. The molecule has 7 nitrogen and oxygen atoms in total. The second-order valence-electron chi connectivity index (χ2n) is 7.91. The van der Waals surface area contributed by atoms with Crippen LogP contribution in [-0.4, -0.2) is 79.9 Å². The number of carbonyl (C=O) groups excluding carboxylic acids is 1. The summed E-state index contributed by atoms with van der Waals surface area (Å²) in [5.41, 5.74) is 1.38. The zero-order valence-corrected chi connectivity index (χ0v) is 21.7. The van der Waals surface area contributed by atoms with Gasteiger partial charge in [-0.15, -0.1) is 12.3 Å². The van der Waals surface area contributed by atoms with Gasteiger partial charge in [-0.25, -0.2) is 0 Å². The van der Waals surface area contributed by atoms with E-state index in [1.54, 1.807) is 26.3 Å². The molecule has 1 fully saturated rings. The molecule has 1 aromatic rings. The number of allylic oxidation sites excluding steroid dienone is 3. The maximum atomic E-state index is 11.7. The number of para-hydroxylation sites is 2. The van der Waals surface area contributed by atoms with Crippen LogP contribution in [0.5, 0.6) is 11.5 Å². The molecule has 0 bridgehead atoms. The molecular formula is C27H43N3O4. The third kappa shape index (κ3) is 15.1. The quantitative estimate of drug-likeness (QED) is 0.423. The van der Waals surface area contributed by atoms with Gasteiger partial charge in [-0.2, -0.15) is 0 Å². The van der Waals surface area contributed by atoms with Gasteiger partial charge in [0, 0.05) is 32.7 Å². The highest BCUT2D eigenvalue weighted by Crippen LogP contribution is 2.25. The summed E-state index contributed by atoms with van der Waals surface area (Å²) in [4.78, 5) is 16.0. The maximum absolute atomic E-state index is 11.7. The van der Waals surface area contributed by atoms with Gasteiger partial charge in [0.2, 0.25) is 5.91 Å². The molecule has 1 atom stereocenters. The third-order valence-corrected chi connectivity index (χ3v) is 4.79. The lowest BCUT2D eigenvalue weighted by atomic mass is 10.2. The first-order valence-corrected chi connectivity index (χ1v) is 11.6. The topological polar surface area (TPSA) is 74.3 Å². The van der Waals surface area contributed by atoms with Crippen molar-refractivity contribution in [2.24, 2.45) is 0 Å². The van der Waals surface area contributed by atoms with Gasteiger partial charge in [0.15, 0.2) is 11.5 Å². The zero-order chi connectivity index (χ0) is 25.8. The number of nitrogens with zero attached hydrogens (tertiary/aromatic N) is 2. The molecule has 0 radical (unpaired) electrons. The Kier molecular flexibility index (Phi) is 18.0. The maximum Gasteiger partial charge on any atom is 0.238 e. The van der Waals surface area contributed by atoms with Crippen molar-refractivity contribution in [3.05, 3.63) is 48.2 Å². The molecule has 7 heteroatoms. The van der Waals surface area contributed by atoms with Crippen LogP contribution in [0.1, 0.15) is 34.6 Å². The number of ether oxygens (including phenoxy) is 2. The third-order valence-electron chi connectivity index (χ3n) is 4.79. The lowest BCUT2D eigenvalue weighted by Gasteiger charge is -2.35. The SMILES string of the molecule is C#CC.C/C=C/NC(=O)CN1CCN(CC(O)COc2ccccc2OC)CC1.CC=C(C)C. The number of nitrogens with one attached hydrogen (secondary N) is 1. The minimum absolute atomic E-state index is 0.00166. The van der Waals surface area contributed by atoms with Crippen LogP contribution < -0.4 is 14.8 Å². The van der Waals surface area contributed by atoms with E-state index >= 15 is 0 Å². The van der Waals surface area contributed by atoms with Crippen LogP contribution in [0.15, 0.2) is 48.2 Å². The van der Waals surface area contributed by atoms with Crippen molar-refractivity contribution >= 4 is 5.91 Å². The van der Waals surface area contributed by atoms with Crippen LogP contribution >= 0.6 is 0 Å². The molecule has 1 aliphatic rings. The Balaban J connectivity index is 0.00000118. The van der Waals surface area contributed by atoms with Crippen molar-refractivity contribution in [3.63, 3.8) is 0 Å². The van der Waals surface area contributed by atoms with Crippen molar-refractivity contribution in [1.29, 1.82) is 0 Å². The van der Waals surface area contributed by atoms with Gasteiger partial charge >= 0.3 is 0 Å². The normalized spacial score (nSPS) is 14.4. The van der Waals surface area contributed by atoms with E-state index in [1.165, 1.54) is 5.57 Å². The summed E-state index contributed by atoms with van der Waals surface area (Å²) in [6, 6.07) is 7.40. The highest BCUT2D eigenvalue weighted by atomic mass is 16.5. The largest absolute Gasteiger partial charge is 0.493 e. The molecule has 190 valence electrons. The fourth-order valence-corrected chi connectivity index (χ4v) is 2.83. The van der Waals surface area contributed by atoms with Crippen molar-refractivity contribution < 1.29 is 19.4 Å². The summed E-state index contributed by atoms with van der Waals surface area (Å²) in [5.74, 6) is 3.54. The van der Waals surface area contributed by atoms with Crippen molar-refractivity contribution in [1.82, 2.24) is 15.1 Å². The standard InChI is InChI=1S/C19H29N3O4.C5H10.C3H4/c1-3-8-20-19(24)14-22-11-9-21(10-12-22)13-16(23)15-26-18-7-5-4-6-17(18)25-2;1-4-5(2)3;1-3-2/h3-8,16,23H,9-15H2,1-2H3,(H,20,24);4H,1-3H3;1H,2H3/b8-3+;;. The van der Waals surface area contributed by atoms with Gasteiger partial charge in [-0.05, 0) is 53.0 Å². The second-order valence-corrected chi connectivity index (χ2v) is 7.91. The zero-order valence-electron chi connectivity index (χ0n) is 21.7. The number of hydrogen-bond donors (Lipinski definition) is 2. The van der Waals surface area contributed by atoms with Gasteiger partial charge in [0.05, 0.1) is 13.7 Å². The summed E-state index contributed by atoms with van der Waals surface area (Å²) in [6.07, 6.45) is 9.55. The van der Waals surface area contributed by atoms with Gasteiger partial charge in [-0.1, -0.05) is 29.9 Å². The van der Waals surface area contributed by atoms with Gasteiger partial charge in [-0.3, -0.25) is 14.6 Å². The lowest BCUT2D eigenvalue weighted by molar-refractivity contribution is -0.121. The van der Waals surface area contributed by atoms with Crippen molar-refractivity contribution in [2.75, 3.05) is 53.0 Å².